The Morgan fingerprint density at radius 2 is 1.95 bits per heavy atom. The lowest BCUT2D eigenvalue weighted by Crippen LogP contribution is -2.15. The Kier molecular flexibility index (Phi) is 4.45. The molecule has 21 heavy (non-hydrogen) atoms. The van der Waals surface area contributed by atoms with Gasteiger partial charge in [0.1, 0.15) is 4.90 Å². The van der Waals surface area contributed by atoms with Crippen LogP contribution in [-0.4, -0.2) is 29.7 Å². The monoisotopic (exact) mass is 391 g/mol. The summed E-state index contributed by atoms with van der Waals surface area (Å²) in [5.74, 6) is -1.16. The van der Waals surface area contributed by atoms with E-state index < -0.39 is 16.0 Å². The molecule has 0 aliphatic carbocycles. The number of carbonyl (C=O) groups is 1. The van der Waals surface area contributed by atoms with Gasteiger partial charge in [0.2, 0.25) is 0 Å². The molecule has 2 rings (SSSR count). The van der Waals surface area contributed by atoms with Gasteiger partial charge < -0.3 is 5.11 Å². The summed E-state index contributed by atoms with van der Waals surface area (Å²) in [5, 5.41) is 16.1. The van der Waals surface area contributed by atoms with Crippen molar-refractivity contribution in [3.05, 3.63) is 45.5 Å². The van der Waals surface area contributed by atoms with Crippen LogP contribution < -0.4 is 4.72 Å². The lowest BCUT2D eigenvalue weighted by Gasteiger charge is -2.09. The first-order valence-electron chi connectivity index (χ1n) is 5.34. The van der Waals surface area contributed by atoms with Gasteiger partial charge in [-0.05, 0) is 46.3 Å². The van der Waals surface area contributed by atoms with E-state index in [-0.39, 0.29) is 25.9 Å². The smallest absolute Gasteiger partial charge is 0.335 e. The second-order valence-corrected chi connectivity index (χ2v) is 6.69. The Bertz CT molecular complexity index is 796. The van der Waals surface area contributed by atoms with Crippen molar-refractivity contribution in [2.45, 2.75) is 4.90 Å². The second-order valence-electron chi connectivity index (χ2n) is 3.80. The minimum atomic E-state index is -3.93. The number of carboxylic acid groups (broad SMARTS) is 1. The third kappa shape index (κ3) is 3.69. The van der Waals surface area contributed by atoms with Gasteiger partial charge in [-0.15, -0.1) is 10.2 Å². The lowest BCUT2D eigenvalue weighted by molar-refractivity contribution is 0.0696. The summed E-state index contributed by atoms with van der Waals surface area (Å²) in [4.78, 5) is 10.7. The molecule has 0 radical (unpaired) electrons. The van der Waals surface area contributed by atoms with E-state index in [1.807, 2.05) is 0 Å². The first-order chi connectivity index (χ1) is 9.79. The molecular weight excluding hydrogens is 386 g/mol. The summed E-state index contributed by atoms with van der Waals surface area (Å²) in [6.45, 7) is 0. The highest BCUT2D eigenvalue weighted by Crippen LogP contribution is 2.25. The van der Waals surface area contributed by atoms with E-state index in [4.69, 9.17) is 16.7 Å². The summed E-state index contributed by atoms with van der Waals surface area (Å²) in [6.07, 6.45) is 0. The largest absolute Gasteiger partial charge is 0.478 e. The zero-order chi connectivity index (χ0) is 15.6. The zero-order valence-corrected chi connectivity index (χ0v) is 13.3. The fourth-order valence-corrected chi connectivity index (χ4v) is 3.59. The van der Waals surface area contributed by atoms with Crippen LogP contribution in [0.15, 0.2) is 39.7 Å². The average molecular weight is 393 g/mol. The van der Waals surface area contributed by atoms with E-state index in [9.17, 15) is 13.2 Å². The number of aromatic nitrogens is 2. The maximum Gasteiger partial charge on any atom is 0.335 e. The molecule has 0 saturated heterocycles. The number of hydrogen-bond donors (Lipinski definition) is 2. The normalized spacial score (nSPS) is 11.1. The number of carboxylic acids is 1. The van der Waals surface area contributed by atoms with Gasteiger partial charge in [-0.3, -0.25) is 4.72 Å². The van der Waals surface area contributed by atoms with Crippen molar-refractivity contribution in [3.63, 3.8) is 0 Å². The number of hydrogen-bond acceptors (Lipinski definition) is 5. The van der Waals surface area contributed by atoms with Crippen molar-refractivity contribution < 1.29 is 18.3 Å². The van der Waals surface area contributed by atoms with Crippen LogP contribution in [0.3, 0.4) is 0 Å². The molecule has 0 amide bonds. The summed E-state index contributed by atoms with van der Waals surface area (Å²) >= 11 is 8.59. The van der Waals surface area contributed by atoms with Crippen LogP contribution in [0, 0.1) is 0 Å². The first-order valence-corrected chi connectivity index (χ1v) is 8.00. The fourth-order valence-electron chi connectivity index (χ4n) is 1.41. The van der Waals surface area contributed by atoms with E-state index in [0.29, 0.717) is 0 Å². The highest BCUT2D eigenvalue weighted by Gasteiger charge is 2.20. The zero-order valence-electron chi connectivity index (χ0n) is 10.1. The number of nitrogens with zero attached hydrogens (tertiary/aromatic N) is 2. The van der Waals surface area contributed by atoms with E-state index in [1.54, 1.807) is 0 Å². The number of halogens is 2. The van der Waals surface area contributed by atoms with Crippen molar-refractivity contribution in [2.75, 3.05) is 4.72 Å². The Hall–Kier alpha value is -1.71. The van der Waals surface area contributed by atoms with Gasteiger partial charge in [-0.25, -0.2) is 13.2 Å². The standard InChI is InChI=1S/C11H7BrClN3O4S/c12-7-5-6(11(17)18)1-2-8(7)21(19,20)16-10-4-3-9(13)14-15-10/h1-5H,(H,15,16)(H,17,18). The van der Waals surface area contributed by atoms with Crippen molar-refractivity contribution >= 4 is 49.3 Å². The van der Waals surface area contributed by atoms with Crippen LogP contribution in [0.1, 0.15) is 10.4 Å². The summed E-state index contributed by atoms with van der Waals surface area (Å²) < 4.78 is 26.7. The summed E-state index contributed by atoms with van der Waals surface area (Å²) in [5.41, 5.74) is -0.0351. The molecule has 0 unspecified atom stereocenters. The lowest BCUT2D eigenvalue weighted by atomic mass is 10.2. The van der Waals surface area contributed by atoms with Gasteiger partial charge in [-0.1, -0.05) is 11.6 Å². The number of benzene rings is 1. The molecule has 1 aromatic heterocycles. The molecule has 0 atom stereocenters. The van der Waals surface area contributed by atoms with E-state index >= 15 is 0 Å². The Morgan fingerprint density at radius 3 is 2.48 bits per heavy atom. The maximum absolute atomic E-state index is 12.2. The quantitative estimate of drug-likeness (QED) is 0.827. The average Bonchev–Trinajstić information content (AvgIpc) is 2.40. The molecule has 2 N–H and O–H groups in total. The fraction of sp³-hybridized carbons (Fsp3) is 0. The van der Waals surface area contributed by atoms with Crippen molar-refractivity contribution in [1.82, 2.24) is 10.2 Å². The Morgan fingerprint density at radius 1 is 1.24 bits per heavy atom. The highest BCUT2D eigenvalue weighted by atomic mass is 79.9. The van der Waals surface area contributed by atoms with Crippen LogP contribution >= 0.6 is 27.5 Å². The van der Waals surface area contributed by atoms with Crippen LogP contribution in [0.25, 0.3) is 0 Å². The predicted molar refractivity (Wildman–Crippen MR) is 79.0 cm³/mol. The Labute approximate surface area is 133 Å². The molecule has 0 bridgehead atoms. The van der Waals surface area contributed by atoms with E-state index in [1.165, 1.54) is 30.3 Å². The Balaban J connectivity index is 2.35. The molecule has 0 aliphatic rings. The van der Waals surface area contributed by atoms with Gasteiger partial charge in [0.15, 0.2) is 11.0 Å². The molecule has 2 aromatic rings. The minimum Gasteiger partial charge on any atom is -0.478 e. The van der Waals surface area contributed by atoms with Crippen molar-refractivity contribution in [3.8, 4) is 0 Å². The van der Waals surface area contributed by atoms with Gasteiger partial charge >= 0.3 is 5.97 Å². The van der Waals surface area contributed by atoms with Crippen LogP contribution in [0.5, 0.6) is 0 Å². The second kappa shape index (κ2) is 5.96. The molecule has 1 heterocycles. The van der Waals surface area contributed by atoms with Crippen LogP contribution in [0.2, 0.25) is 5.15 Å². The van der Waals surface area contributed by atoms with Crippen molar-refractivity contribution in [2.24, 2.45) is 0 Å². The highest BCUT2D eigenvalue weighted by molar-refractivity contribution is 9.10. The van der Waals surface area contributed by atoms with Gasteiger partial charge in [-0.2, -0.15) is 0 Å². The summed E-state index contributed by atoms with van der Waals surface area (Å²) in [7, 11) is -3.93. The molecular formula is C11H7BrClN3O4S. The molecule has 0 fully saturated rings. The number of sulfonamides is 1. The minimum absolute atomic E-state index is 0.00592. The SMILES string of the molecule is O=C(O)c1ccc(S(=O)(=O)Nc2ccc(Cl)nn2)c(Br)c1. The molecule has 0 saturated carbocycles. The van der Waals surface area contributed by atoms with Gasteiger partial charge in [0.05, 0.1) is 5.56 Å². The molecule has 1 aromatic carbocycles. The number of nitrogens with one attached hydrogen (secondary N) is 1. The molecule has 0 aliphatic heterocycles. The third-order valence-corrected chi connectivity index (χ3v) is 4.87. The molecule has 110 valence electrons. The molecule has 10 heteroatoms. The topological polar surface area (TPSA) is 109 Å². The van der Waals surface area contributed by atoms with Crippen LogP contribution in [0.4, 0.5) is 5.82 Å². The number of rotatable bonds is 4. The van der Waals surface area contributed by atoms with Crippen molar-refractivity contribution in [1.29, 1.82) is 0 Å². The van der Waals surface area contributed by atoms with E-state index in [2.05, 4.69) is 30.8 Å². The van der Waals surface area contributed by atoms with Gasteiger partial charge in [0, 0.05) is 4.47 Å². The number of anilines is 1. The number of aromatic carboxylic acids is 1. The summed E-state index contributed by atoms with van der Waals surface area (Å²) in [6, 6.07) is 6.31. The molecule has 7 nitrogen and oxygen atoms in total. The third-order valence-electron chi connectivity index (χ3n) is 2.34. The maximum atomic E-state index is 12.2. The predicted octanol–water partition coefficient (Wildman–Crippen LogP) is 2.39. The van der Waals surface area contributed by atoms with Crippen LogP contribution in [-0.2, 0) is 10.0 Å². The van der Waals surface area contributed by atoms with E-state index in [0.717, 1.165) is 0 Å². The molecule has 0 spiro atoms. The van der Waals surface area contributed by atoms with Gasteiger partial charge in [0.25, 0.3) is 10.0 Å². The first kappa shape index (κ1) is 15.7.